The van der Waals surface area contributed by atoms with Gasteiger partial charge in [-0.05, 0) is 64.8 Å². The first-order valence-electron chi connectivity index (χ1n) is 8.72. The Morgan fingerprint density at radius 2 is 1.97 bits per heavy atom. The SMILES string of the molecule is CCOc1cc(/C=C(/C#N)C(=O)Nc2cccc(Br)c2)cc(Br)c1OCC(=O)OC. The van der Waals surface area contributed by atoms with Crippen molar-refractivity contribution >= 4 is 55.5 Å². The number of hydrogen-bond donors (Lipinski definition) is 1. The number of benzene rings is 2. The standard InChI is InChI=1S/C21H18Br2N2O5/c1-3-29-18-9-13(8-17(23)20(18)30-12-19(26)28-2)7-14(11-24)21(27)25-16-6-4-5-15(22)10-16/h4-10H,3,12H2,1-2H3,(H,25,27)/b14-7-. The third kappa shape index (κ3) is 6.61. The lowest BCUT2D eigenvalue weighted by Gasteiger charge is -2.14. The van der Waals surface area contributed by atoms with Gasteiger partial charge in [0.05, 0.1) is 18.2 Å². The van der Waals surface area contributed by atoms with Gasteiger partial charge >= 0.3 is 5.97 Å². The normalized spacial score (nSPS) is 10.7. The maximum atomic E-state index is 12.5. The fraction of sp³-hybridized carbons (Fsp3) is 0.190. The van der Waals surface area contributed by atoms with E-state index >= 15 is 0 Å². The van der Waals surface area contributed by atoms with Gasteiger partial charge in [0.1, 0.15) is 11.6 Å². The lowest BCUT2D eigenvalue weighted by molar-refractivity contribution is -0.142. The van der Waals surface area contributed by atoms with E-state index in [1.165, 1.54) is 13.2 Å². The minimum absolute atomic E-state index is 0.0902. The molecule has 0 aliphatic rings. The predicted octanol–water partition coefficient (Wildman–Crippen LogP) is 4.71. The molecule has 0 saturated heterocycles. The quantitative estimate of drug-likeness (QED) is 0.297. The van der Waals surface area contributed by atoms with Gasteiger partial charge < -0.3 is 19.5 Å². The van der Waals surface area contributed by atoms with Crippen LogP contribution in [0.3, 0.4) is 0 Å². The van der Waals surface area contributed by atoms with Crippen molar-refractivity contribution < 1.29 is 23.8 Å². The largest absolute Gasteiger partial charge is 0.490 e. The molecule has 0 spiro atoms. The second-order valence-electron chi connectivity index (χ2n) is 5.76. The zero-order chi connectivity index (χ0) is 22.1. The van der Waals surface area contributed by atoms with Crippen molar-refractivity contribution in [3.63, 3.8) is 0 Å². The van der Waals surface area contributed by atoms with Gasteiger partial charge in [-0.2, -0.15) is 5.26 Å². The van der Waals surface area contributed by atoms with Gasteiger partial charge in [-0.15, -0.1) is 0 Å². The van der Waals surface area contributed by atoms with E-state index in [9.17, 15) is 14.9 Å². The Kier molecular flexibility index (Phi) is 8.89. The van der Waals surface area contributed by atoms with Gasteiger partial charge in [0.15, 0.2) is 18.1 Å². The molecule has 156 valence electrons. The first-order chi connectivity index (χ1) is 14.4. The Balaban J connectivity index is 2.31. The first kappa shape index (κ1) is 23.4. The van der Waals surface area contributed by atoms with Crippen molar-refractivity contribution in [1.29, 1.82) is 5.26 Å². The minimum Gasteiger partial charge on any atom is -0.490 e. The smallest absolute Gasteiger partial charge is 0.343 e. The van der Waals surface area contributed by atoms with Crippen LogP contribution in [-0.2, 0) is 14.3 Å². The van der Waals surface area contributed by atoms with Crippen LogP contribution in [0.1, 0.15) is 12.5 Å². The summed E-state index contributed by atoms with van der Waals surface area (Å²) in [6, 6.07) is 12.2. The highest BCUT2D eigenvalue weighted by atomic mass is 79.9. The van der Waals surface area contributed by atoms with Crippen LogP contribution in [0.5, 0.6) is 11.5 Å². The van der Waals surface area contributed by atoms with Crippen LogP contribution in [0.2, 0.25) is 0 Å². The van der Waals surface area contributed by atoms with Crippen LogP contribution in [0, 0.1) is 11.3 Å². The number of methoxy groups -OCH3 is 1. The molecule has 1 N–H and O–H groups in total. The average molecular weight is 538 g/mol. The van der Waals surface area contributed by atoms with Crippen LogP contribution in [0.15, 0.2) is 50.9 Å². The van der Waals surface area contributed by atoms with Crippen molar-refractivity contribution in [2.75, 3.05) is 25.6 Å². The van der Waals surface area contributed by atoms with E-state index in [2.05, 4.69) is 41.9 Å². The number of esters is 1. The summed E-state index contributed by atoms with van der Waals surface area (Å²) in [4.78, 5) is 23.9. The van der Waals surface area contributed by atoms with Crippen molar-refractivity contribution in [2.24, 2.45) is 0 Å². The molecule has 0 aliphatic carbocycles. The van der Waals surface area contributed by atoms with Crippen LogP contribution >= 0.6 is 31.9 Å². The second kappa shape index (κ2) is 11.4. The molecule has 0 saturated carbocycles. The molecule has 30 heavy (non-hydrogen) atoms. The number of ether oxygens (including phenoxy) is 3. The van der Waals surface area contributed by atoms with E-state index in [0.717, 1.165) is 4.47 Å². The predicted molar refractivity (Wildman–Crippen MR) is 119 cm³/mol. The van der Waals surface area contributed by atoms with Gasteiger partial charge in [0, 0.05) is 10.2 Å². The van der Waals surface area contributed by atoms with E-state index in [4.69, 9.17) is 9.47 Å². The number of nitriles is 1. The number of amides is 1. The molecule has 7 nitrogen and oxygen atoms in total. The Bertz CT molecular complexity index is 1010. The Hall–Kier alpha value is -2.83. The van der Waals surface area contributed by atoms with Crippen LogP contribution in [0.25, 0.3) is 6.08 Å². The first-order valence-corrected chi connectivity index (χ1v) is 10.3. The second-order valence-corrected chi connectivity index (χ2v) is 7.53. The Labute approximate surface area is 190 Å². The molecule has 0 atom stereocenters. The van der Waals surface area contributed by atoms with Crippen molar-refractivity contribution in [1.82, 2.24) is 0 Å². The number of hydrogen-bond acceptors (Lipinski definition) is 6. The topological polar surface area (TPSA) is 97.6 Å². The molecule has 0 aromatic heterocycles. The Morgan fingerprint density at radius 1 is 1.20 bits per heavy atom. The summed E-state index contributed by atoms with van der Waals surface area (Å²) in [5.41, 5.74) is 1.00. The number of nitrogens with zero attached hydrogens (tertiary/aromatic N) is 1. The van der Waals surface area contributed by atoms with Gasteiger partial charge in [0.2, 0.25) is 0 Å². The van der Waals surface area contributed by atoms with Crippen LogP contribution in [0.4, 0.5) is 5.69 Å². The highest BCUT2D eigenvalue weighted by Gasteiger charge is 2.16. The molecule has 0 fully saturated rings. The van der Waals surface area contributed by atoms with E-state index < -0.39 is 11.9 Å². The minimum atomic E-state index is -0.546. The summed E-state index contributed by atoms with van der Waals surface area (Å²) >= 11 is 6.71. The molecular weight excluding hydrogens is 520 g/mol. The molecule has 0 unspecified atom stereocenters. The third-order valence-electron chi connectivity index (χ3n) is 3.65. The van der Waals surface area contributed by atoms with E-state index in [0.29, 0.717) is 33.8 Å². The number of anilines is 1. The highest BCUT2D eigenvalue weighted by Crippen LogP contribution is 2.37. The number of nitrogens with one attached hydrogen (secondary N) is 1. The fourth-order valence-electron chi connectivity index (χ4n) is 2.34. The summed E-state index contributed by atoms with van der Waals surface area (Å²) in [7, 11) is 1.26. The zero-order valence-electron chi connectivity index (χ0n) is 16.2. The molecule has 0 radical (unpaired) electrons. The summed E-state index contributed by atoms with van der Waals surface area (Å²) in [5.74, 6) is -0.414. The summed E-state index contributed by atoms with van der Waals surface area (Å²) in [6.45, 7) is 1.86. The zero-order valence-corrected chi connectivity index (χ0v) is 19.4. The van der Waals surface area contributed by atoms with Crippen LogP contribution < -0.4 is 14.8 Å². The summed E-state index contributed by atoms with van der Waals surface area (Å²) in [5, 5.41) is 12.1. The van der Waals surface area contributed by atoms with Gasteiger partial charge in [-0.1, -0.05) is 22.0 Å². The van der Waals surface area contributed by atoms with E-state index in [1.807, 2.05) is 12.1 Å². The maximum Gasteiger partial charge on any atom is 0.343 e. The summed E-state index contributed by atoms with van der Waals surface area (Å²) < 4.78 is 16.9. The number of carbonyl (C=O) groups excluding carboxylic acids is 2. The summed E-state index contributed by atoms with van der Waals surface area (Å²) in [6.07, 6.45) is 1.44. The van der Waals surface area contributed by atoms with E-state index in [-0.39, 0.29) is 12.2 Å². The number of rotatable bonds is 8. The molecule has 0 aliphatic heterocycles. The highest BCUT2D eigenvalue weighted by molar-refractivity contribution is 9.10. The van der Waals surface area contributed by atoms with Crippen molar-refractivity contribution in [2.45, 2.75) is 6.92 Å². The molecule has 9 heteroatoms. The molecule has 0 bridgehead atoms. The molecule has 2 aromatic rings. The molecule has 2 aromatic carbocycles. The van der Waals surface area contributed by atoms with Gasteiger partial charge in [-0.25, -0.2) is 4.79 Å². The van der Waals surface area contributed by atoms with Crippen molar-refractivity contribution in [3.05, 3.63) is 56.5 Å². The maximum absolute atomic E-state index is 12.5. The molecular formula is C21H18Br2N2O5. The lowest BCUT2D eigenvalue weighted by atomic mass is 10.1. The fourth-order valence-corrected chi connectivity index (χ4v) is 3.32. The van der Waals surface area contributed by atoms with Gasteiger partial charge in [-0.3, -0.25) is 4.79 Å². The number of halogens is 2. The average Bonchev–Trinajstić information content (AvgIpc) is 2.71. The molecule has 0 heterocycles. The monoisotopic (exact) mass is 536 g/mol. The third-order valence-corrected chi connectivity index (χ3v) is 4.73. The van der Waals surface area contributed by atoms with E-state index in [1.54, 1.807) is 37.3 Å². The molecule has 1 amide bonds. The molecule has 2 rings (SSSR count). The van der Waals surface area contributed by atoms with Gasteiger partial charge in [0.25, 0.3) is 5.91 Å². The van der Waals surface area contributed by atoms with Crippen molar-refractivity contribution in [3.8, 4) is 17.6 Å². The Morgan fingerprint density at radius 3 is 2.60 bits per heavy atom. The van der Waals surface area contributed by atoms with Crippen LogP contribution in [-0.4, -0.2) is 32.2 Å². The number of carbonyl (C=O) groups is 2. The lowest BCUT2D eigenvalue weighted by Crippen LogP contribution is -2.14.